The molecule has 0 unspecified atom stereocenters. The van der Waals surface area contributed by atoms with Crippen molar-refractivity contribution < 1.29 is 0 Å². The molecule has 0 bridgehead atoms. The van der Waals surface area contributed by atoms with Gasteiger partial charge in [-0.25, -0.2) is 0 Å². The molecule has 1 aliphatic heterocycles. The number of rotatable bonds is 4. The quantitative estimate of drug-likeness (QED) is 0.867. The molecule has 0 fully saturated rings. The van der Waals surface area contributed by atoms with E-state index in [-0.39, 0.29) is 0 Å². The third-order valence-electron chi connectivity index (χ3n) is 3.65. The maximum atomic E-state index is 4.33. The molecular weight excluding hydrogens is 290 g/mol. The number of allylic oxidation sites excluding steroid dienone is 2. The lowest BCUT2D eigenvalue weighted by Crippen LogP contribution is -2.18. The van der Waals surface area contributed by atoms with E-state index in [2.05, 4.69) is 65.8 Å². The van der Waals surface area contributed by atoms with Crippen LogP contribution >= 0.6 is 11.8 Å². The molecule has 0 aliphatic carbocycles. The first kappa shape index (κ1) is 14.9. The molecule has 0 saturated heterocycles. The second-order valence-corrected chi connectivity index (χ2v) is 6.41. The lowest BCUT2D eigenvalue weighted by molar-refractivity contribution is 0.877. The Kier molecular flexibility index (Phi) is 4.59. The molecular formula is C18H19N3S. The number of thioether (sulfide) groups is 1. The Morgan fingerprint density at radius 1 is 1.05 bits per heavy atom. The molecule has 112 valence electrons. The third kappa shape index (κ3) is 3.57. The fraction of sp³-hybridized carbons (Fsp3) is 0.222. The second kappa shape index (κ2) is 6.79. The maximum absolute atomic E-state index is 4.33. The van der Waals surface area contributed by atoms with Gasteiger partial charge in [0.1, 0.15) is 10.7 Å². The summed E-state index contributed by atoms with van der Waals surface area (Å²) in [5.74, 6) is 0.920. The van der Waals surface area contributed by atoms with E-state index in [0.29, 0.717) is 0 Å². The molecule has 4 heteroatoms. The number of dihydropyridines is 1. The largest absolute Gasteiger partial charge is 0.379 e. The van der Waals surface area contributed by atoms with E-state index in [1.54, 1.807) is 11.8 Å². The Bertz CT molecular complexity index is 717. The van der Waals surface area contributed by atoms with Crippen LogP contribution in [0.5, 0.6) is 0 Å². The normalized spacial score (nSPS) is 14.1. The first-order valence-electron chi connectivity index (χ1n) is 7.35. The van der Waals surface area contributed by atoms with Gasteiger partial charge in [0, 0.05) is 12.3 Å². The summed E-state index contributed by atoms with van der Waals surface area (Å²) in [7, 11) is 0. The summed E-state index contributed by atoms with van der Waals surface area (Å²) in [6, 6.07) is 12.5. The van der Waals surface area contributed by atoms with Gasteiger partial charge < -0.3 is 5.32 Å². The molecule has 3 nitrogen and oxygen atoms in total. The fourth-order valence-corrected chi connectivity index (χ4v) is 3.11. The minimum atomic E-state index is 0.872. The second-order valence-electron chi connectivity index (χ2n) is 5.42. The Hall–Kier alpha value is -2.07. The van der Waals surface area contributed by atoms with Crippen molar-refractivity contribution in [2.75, 3.05) is 6.54 Å². The van der Waals surface area contributed by atoms with Crippen LogP contribution in [0.15, 0.2) is 59.1 Å². The molecule has 1 aromatic heterocycles. The summed E-state index contributed by atoms with van der Waals surface area (Å²) in [5.41, 5.74) is 5.91. The highest BCUT2D eigenvalue weighted by Crippen LogP contribution is 2.23. The standard InChI is InChI=1S/C18H19N3S/c1-13-7-8-16(19-11-13)17-9-10-18(21-20-17)22-12-15-6-4-3-5-14(15)2/h3-10,19H,11-12H2,1-2H3. The van der Waals surface area contributed by atoms with Crippen molar-refractivity contribution in [1.29, 1.82) is 0 Å². The summed E-state index contributed by atoms with van der Waals surface area (Å²) in [4.78, 5) is 0. The highest BCUT2D eigenvalue weighted by Gasteiger charge is 2.07. The molecule has 1 N–H and O–H groups in total. The van der Waals surface area contributed by atoms with Crippen LogP contribution in [0, 0.1) is 6.92 Å². The summed E-state index contributed by atoms with van der Waals surface area (Å²) in [5, 5.41) is 13.0. The molecule has 22 heavy (non-hydrogen) atoms. The van der Waals surface area contributed by atoms with Crippen LogP contribution < -0.4 is 5.32 Å². The molecule has 2 heterocycles. The Balaban J connectivity index is 1.66. The SMILES string of the molecule is CC1=CC=C(c2ccc(SCc3ccccc3C)nn2)NC1. The number of nitrogens with one attached hydrogen (secondary N) is 1. The van der Waals surface area contributed by atoms with Crippen LogP contribution in [0.4, 0.5) is 0 Å². The van der Waals surface area contributed by atoms with Gasteiger partial charge in [-0.15, -0.1) is 10.2 Å². The first-order valence-corrected chi connectivity index (χ1v) is 8.33. The average Bonchev–Trinajstić information content (AvgIpc) is 2.55. The Morgan fingerprint density at radius 2 is 1.91 bits per heavy atom. The highest BCUT2D eigenvalue weighted by atomic mass is 32.2. The molecule has 0 radical (unpaired) electrons. The number of benzene rings is 1. The molecule has 2 aromatic rings. The van der Waals surface area contributed by atoms with Gasteiger partial charge in [-0.2, -0.15) is 0 Å². The Labute approximate surface area is 135 Å². The topological polar surface area (TPSA) is 37.8 Å². The van der Waals surface area contributed by atoms with Crippen LogP contribution in [-0.2, 0) is 5.75 Å². The van der Waals surface area contributed by atoms with Gasteiger partial charge in [0.15, 0.2) is 0 Å². The predicted octanol–water partition coefficient (Wildman–Crippen LogP) is 3.97. The molecule has 1 aromatic carbocycles. The van der Waals surface area contributed by atoms with E-state index in [9.17, 15) is 0 Å². The molecule has 0 amide bonds. The zero-order valence-corrected chi connectivity index (χ0v) is 13.7. The third-order valence-corrected chi connectivity index (χ3v) is 4.61. The van der Waals surface area contributed by atoms with Crippen molar-refractivity contribution in [3.63, 3.8) is 0 Å². The minimum Gasteiger partial charge on any atom is -0.379 e. The number of aromatic nitrogens is 2. The predicted molar refractivity (Wildman–Crippen MR) is 92.5 cm³/mol. The lowest BCUT2D eigenvalue weighted by atomic mass is 10.1. The summed E-state index contributed by atoms with van der Waals surface area (Å²) < 4.78 is 0. The van der Waals surface area contributed by atoms with Crippen LogP contribution in [0.1, 0.15) is 23.7 Å². The van der Waals surface area contributed by atoms with Gasteiger partial charge in [-0.05, 0) is 43.2 Å². The van der Waals surface area contributed by atoms with Gasteiger partial charge >= 0.3 is 0 Å². The molecule has 1 aliphatic rings. The minimum absolute atomic E-state index is 0.872. The van der Waals surface area contributed by atoms with Crippen molar-refractivity contribution in [3.8, 4) is 0 Å². The van der Waals surface area contributed by atoms with Gasteiger partial charge in [-0.3, -0.25) is 0 Å². The molecule has 3 rings (SSSR count). The number of hydrogen-bond acceptors (Lipinski definition) is 4. The summed E-state index contributed by atoms with van der Waals surface area (Å²) >= 11 is 1.72. The van der Waals surface area contributed by atoms with Crippen LogP contribution in [0.3, 0.4) is 0 Å². The Morgan fingerprint density at radius 3 is 2.59 bits per heavy atom. The number of hydrogen-bond donors (Lipinski definition) is 1. The van der Waals surface area contributed by atoms with E-state index in [1.165, 1.54) is 16.7 Å². The number of aryl methyl sites for hydroxylation is 1. The van der Waals surface area contributed by atoms with Crippen LogP contribution in [0.25, 0.3) is 5.70 Å². The molecule has 0 atom stereocenters. The summed E-state index contributed by atoms with van der Waals surface area (Å²) in [6.45, 7) is 5.12. The van der Waals surface area contributed by atoms with E-state index in [1.807, 2.05) is 12.1 Å². The lowest BCUT2D eigenvalue weighted by Gasteiger charge is -2.14. The van der Waals surface area contributed by atoms with Gasteiger partial charge in [0.05, 0.1) is 5.70 Å². The smallest absolute Gasteiger partial charge is 0.119 e. The first-order chi connectivity index (χ1) is 10.7. The molecule has 0 saturated carbocycles. The molecule has 0 spiro atoms. The van der Waals surface area contributed by atoms with Crippen LogP contribution in [-0.4, -0.2) is 16.7 Å². The fourth-order valence-electron chi connectivity index (χ4n) is 2.22. The highest BCUT2D eigenvalue weighted by molar-refractivity contribution is 7.98. The zero-order valence-electron chi connectivity index (χ0n) is 12.8. The van der Waals surface area contributed by atoms with Crippen molar-refractivity contribution >= 4 is 17.5 Å². The average molecular weight is 309 g/mol. The van der Waals surface area contributed by atoms with Gasteiger partial charge in [0.25, 0.3) is 0 Å². The van der Waals surface area contributed by atoms with Gasteiger partial charge in [0.2, 0.25) is 0 Å². The van der Waals surface area contributed by atoms with Crippen LogP contribution in [0.2, 0.25) is 0 Å². The van der Waals surface area contributed by atoms with Gasteiger partial charge in [-0.1, -0.05) is 47.7 Å². The summed E-state index contributed by atoms with van der Waals surface area (Å²) in [6.07, 6.45) is 4.18. The van der Waals surface area contributed by atoms with E-state index in [4.69, 9.17) is 0 Å². The van der Waals surface area contributed by atoms with Crippen molar-refractivity contribution in [3.05, 3.63) is 70.9 Å². The number of nitrogens with zero attached hydrogens (tertiary/aromatic N) is 2. The van der Waals surface area contributed by atoms with E-state index >= 15 is 0 Å². The maximum Gasteiger partial charge on any atom is 0.119 e. The van der Waals surface area contributed by atoms with Crippen molar-refractivity contribution in [1.82, 2.24) is 15.5 Å². The van der Waals surface area contributed by atoms with Crippen molar-refractivity contribution in [2.45, 2.75) is 24.6 Å². The van der Waals surface area contributed by atoms with E-state index in [0.717, 1.165) is 28.7 Å². The van der Waals surface area contributed by atoms with E-state index < -0.39 is 0 Å². The zero-order chi connectivity index (χ0) is 15.4. The van der Waals surface area contributed by atoms with Crippen molar-refractivity contribution in [2.24, 2.45) is 0 Å². The monoisotopic (exact) mass is 309 g/mol.